The van der Waals surface area contributed by atoms with Gasteiger partial charge in [0.15, 0.2) is 0 Å². The topological polar surface area (TPSA) is 92.0 Å². The number of nitrogens with one attached hydrogen (secondary N) is 1. The number of carboxylic acids is 1. The van der Waals surface area contributed by atoms with E-state index in [1.165, 1.54) is 0 Å². The third-order valence-electron chi connectivity index (χ3n) is 1.83. The SMILES string of the molecule is N[C@H](C(=O)O)c1ccccc1.c1c[nH]cn1. The molecule has 1 aromatic carbocycles. The van der Waals surface area contributed by atoms with Crippen LogP contribution >= 0.6 is 0 Å². The van der Waals surface area contributed by atoms with E-state index in [0.29, 0.717) is 5.56 Å². The number of aromatic amines is 1. The van der Waals surface area contributed by atoms with Crippen LogP contribution in [-0.2, 0) is 4.79 Å². The summed E-state index contributed by atoms with van der Waals surface area (Å²) in [5, 5.41) is 8.51. The molecule has 0 aliphatic carbocycles. The van der Waals surface area contributed by atoms with Gasteiger partial charge < -0.3 is 15.8 Å². The molecule has 0 saturated carbocycles. The Morgan fingerprint density at radius 2 is 2.06 bits per heavy atom. The summed E-state index contributed by atoms with van der Waals surface area (Å²) in [7, 11) is 0. The summed E-state index contributed by atoms with van der Waals surface area (Å²) >= 11 is 0. The fourth-order valence-electron chi connectivity index (χ4n) is 1.02. The average Bonchev–Trinajstić information content (AvgIpc) is 2.88. The third-order valence-corrected chi connectivity index (χ3v) is 1.83. The van der Waals surface area contributed by atoms with Gasteiger partial charge in [-0.15, -0.1) is 0 Å². The van der Waals surface area contributed by atoms with Crippen molar-refractivity contribution < 1.29 is 9.90 Å². The molecule has 0 spiro atoms. The number of hydrogen-bond acceptors (Lipinski definition) is 3. The minimum Gasteiger partial charge on any atom is -0.480 e. The number of carboxylic acid groups (broad SMARTS) is 1. The maximum atomic E-state index is 10.4. The Morgan fingerprint density at radius 1 is 1.38 bits per heavy atom. The number of H-pyrrole nitrogens is 1. The summed E-state index contributed by atoms with van der Waals surface area (Å²) in [4.78, 5) is 16.8. The van der Waals surface area contributed by atoms with E-state index in [2.05, 4.69) is 9.97 Å². The zero-order valence-corrected chi connectivity index (χ0v) is 8.58. The first-order valence-electron chi connectivity index (χ1n) is 4.68. The van der Waals surface area contributed by atoms with Crippen LogP contribution in [0.4, 0.5) is 0 Å². The largest absolute Gasteiger partial charge is 0.480 e. The van der Waals surface area contributed by atoms with Crippen molar-refractivity contribution in [2.24, 2.45) is 5.73 Å². The van der Waals surface area contributed by atoms with Crippen LogP contribution in [0.15, 0.2) is 49.1 Å². The fourth-order valence-corrected chi connectivity index (χ4v) is 1.02. The lowest BCUT2D eigenvalue weighted by Gasteiger charge is -2.04. The van der Waals surface area contributed by atoms with Crippen molar-refractivity contribution in [3.8, 4) is 0 Å². The summed E-state index contributed by atoms with van der Waals surface area (Å²) in [6.07, 6.45) is 5.08. The Balaban J connectivity index is 0.000000212. The number of nitrogens with two attached hydrogens (primary N) is 1. The molecule has 0 bridgehead atoms. The normalized spacial score (nSPS) is 11.1. The molecule has 1 aromatic heterocycles. The molecule has 16 heavy (non-hydrogen) atoms. The first kappa shape index (κ1) is 11.9. The lowest BCUT2D eigenvalue weighted by atomic mass is 10.1. The van der Waals surface area contributed by atoms with Gasteiger partial charge in [0.25, 0.3) is 0 Å². The van der Waals surface area contributed by atoms with E-state index in [1.54, 1.807) is 43.0 Å². The Morgan fingerprint density at radius 3 is 2.44 bits per heavy atom. The van der Waals surface area contributed by atoms with Crippen molar-refractivity contribution in [1.82, 2.24) is 9.97 Å². The highest BCUT2D eigenvalue weighted by Crippen LogP contribution is 2.08. The molecule has 4 N–H and O–H groups in total. The first-order valence-corrected chi connectivity index (χ1v) is 4.68. The summed E-state index contributed by atoms with van der Waals surface area (Å²) in [6, 6.07) is 7.82. The quantitative estimate of drug-likeness (QED) is 0.707. The molecule has 0 amide bonds. The highest BCUT2D eigenvalue weighted by molar-refractivity contribution is 5.75. The Hall–Kier alpha value is -2.14. The second kappa shape index (κ2) is 6.36. The molecule has 1 heterocycles. The van der Waals surface area contributed by atoms with Crippen LogP contribution < -0.4 is 5.73 Å². The maximum absolute atomic E-state index is 10.4. The summed E-state index contributed by atoms with van der Waals surface area (Å²) < 4.78 is 0. The van der Waals surface area contributed by atoms with Gasteiger partial charge in [-0.2, -0.15) is 0 Å². The maximum Gasteiger partial charge on any atom is 0.325 e. The molecule has 2 aromatic rings. The van der Waals surface area contributed by atoms with Crippen molar-refractivity contribution in [3.05, 3.63) is 54.6 Å². The van der Waals surface area contributed by atoms with Crippen LogP contribution in [0.2, 0.25) is 0 Å². The molecule has 84 valence electrons. The molecule has 0 saturated heterocycles. The number of rotatable bonds is 2. The van der Waals surface area contributed by atoms with Gasteiger partial charge in [-0.05, 0) is 5.56 Å². The standard InChI is InChI=1S/C8H9NO2.C3H4N2/c9-7(8(10)11)6-4-2-1-3-5-6;1-2-5-3-4-1/h1-5,7H,9H2,(H,10,11);1-3H,(H,4,5)/t7-;/m0./s1. The lowest BCUT2D eigenvalue weighted by molar-refractivity contribution is -0.138. The van der Waals surface area contributed by atoms with Gasteiger partial charge in [0.2, 0.25) is 0 Å². The van der Waals surface area contributed by atoms with E-state index < -0.39 is 12.0 Å². The molecule has 0 aliphatic heterocycles. The number of imidazole rings is 1. The van der Waals surface area contributed by atoms with Gasteiger partial charge in [0.05, 0.1) is 6.33 Å². The van der Waals surface area contributed by atoms with Gasteiger partial charge in [0.1, 0.15) is 6.04 Å². The molecule has 0 radical (unpaired) electrons. The Bertz CT molecular complexity index is 383. The summed E-state index contributed by atoms with van der Waals surface area (Å²) in [5.41, 5.74) is 5.96. The summed E-state index contributed by atoms with van der Waals surface area (Å²) in [5.74, 6) is -1.00. The molecule has 1 atom stereocenters. The zero-order valence-electron chi connectivity index (χ0n) is 8.58. The molecule has 5 heteroatoms. The van der Waals surface area contributed by atoms with Crippen LogP contribution in [0.25, 0.3) is 0 Å². The Kier molecular flexibility index (Phi) is 4.75. The zero-order chi connectivity index (χ0) is 11.8. The number of benzene rings is 1. The van der Waals surface area contributed by atoms with Crippen LogP contribution in [-0.4, -0.2) is 21.0 Å². The highest BCUT2D eigenvalue weighted by Gasteiger charge is 2.12. The van der Waals surface area contributed by atoms with E-state index in [0.717, 1.165) is 0 Å². The van der Waals surface area contributed by atoms with Crippen LogP contribution in [0.5, 0.6) is 0 Å². The predicted molar refractivity (Wildman–Crippen MR) is 59.6 cm³/mol. The van der Waals surface area contributed by atoms with E-state index in [-0.39, 0.29) is 0 Å². The third kappa shape index (κ3) is 3.93. The predicted octanol–water partition coefficient (Wildman–Crippen LogP) is 1.18. The highest BCUT2D eigenvalue weighted by atomic mass is 16.4. The number of carbonyl (C=O) groups is 1. The number of nitrogens with zero attached hydrogens (tertiary/aromatic N) is 1. The minimum atomic E-state index is -1.00. The van der Waals surface area contributed by atoms with Crippen molar-refractivity contribution in [3.63, 3.8) is 0 Å². The van der Waals surface area contributed by atoms with E-state index in [1.807, 2.05) is 6.07 Å². The number of aliphatic carboxylic acids is 1. The summed E-state index contributed by atoms with van der Waals surface area (Å²) in [6.45, 7) is 0. The fraction of sp³-hybridized carbons (Fsp3) is 0.0909. The monoisotopic (exact) mass is 219 g/mol. The molecular formula is C11H13N3O2. The van der Waals surface area contributed by atoms with Crippen molar-refractivity contribution in [1.29, 1.82) is 0 Å². The smallest absolute Gasteiger partial charge is 0.325 e. The molecule has 0 unspecified atom stereocenters. The first-order chi connectivity index (χ1) is 7.72. The second-order valence-corrected chi connectivity index (χ2v) is 2.99. The van der Waals surface area contributed by atoms with Crippen LogP contribution in [0.1, 0.15) is 11.6 Å². The van der Waals surface area contributed by atoms with Crippen molar-refractivity contribution in [2.75, 3.05) is 0 Å². The van der Waals surface area contributed by atoms with Crippen molar-refractivity contribution in [2.45, 2.75) is 6.04 Å². The van der Waals surface area contributed by atoms with Gasteiger partial charge in [-0.25, -0.2) is 4.98 Å². The van der Waals surface area contributed by atoms with Crippen LogP contribution in [0.3, 0.4) is 0 Å². The lowest BCUT2D eigenvalue weighted by Crippen LogP contribution is -2.20. The van der Waals surface area contributed by atoms with Gasteiger partial charge in [-0.3, -0.25) is 4.79 Å². The second-order valence-electron chi connectivity index (χ2n) is 2.99. The number of hydrogen-bond donors (Lipinski definition) is 3. The van der Waals surface area contributed by atoms with Gasteiger partial charge in [-0.1, -0.05) is 30.3 Å². The number of aromatic nitrogens is 2. The molecular weight excluding hydrogens is 206 g/mol. The minimum absolute atomic E-state index is 0.625. The van der Waals surface area contributed by atoms with E-state index in [4.69, 9.17) is 10.8 Å². The average molecular weight is 219 g/mol. The molecule has 5 nitrogen and oxygen atoms in total. The molecule has 2 rings (SSSR count). The van der Waals surface area contributed by atoms with E-state index in [9.17, 15) is 4.79 Å². The van der Waals surface area contributed by atoms with Gasteiger partial charge in [0, 0.05) is 12.4 Å². The molecule has 0 aliphatic rings. The Labute approximate surface area is 92.9 Å². The molecule has 0 fully saturated rings. The van der Waals surface area contributed by atoms with Crippen molar-refractivity contribution >= 4 is 5.97 Å². The van der Waals surface area contributed by atoms with Crippen LogP contribution in [0, 0.1) is 0 Å². The van der Waals surface area contributed by atoms with Gasteiger partial charge >= 0.3 is 5.97 Å². The van der Waals surface area contributed by atoms with E-state index >= 15 is 0 Å².